The van der Waals surface area contributed by atoms with E-state index >= 15 is 0 Å². The average Bonchev–Trinajstić information content (AvgIpc) is 2.30. The lowest BCUT2D eigenvalue weighted by Crippen LogP contribution is -1.98. The highest BCUT2D eigenvalue weighted by Gasteiger charge is 2.15. The topological polar surface area (TPSA) is 20.2 Å². The first-order valence-electron chi connectivity index (χ1n) is 5.70. The quantitative estimate of drug-likeness (QED) is 0.837. The molecule has 1 nitrogen and oxygen atoms in total. The Kier molecular flexibility index (Phi) is 3.01. The fourth-order valence-electron chi connectivity index (χ4n) is 2.26. The molecule has 0 amide bonds. The van der Waals surface area contributed by atoms with E-state index in [0.717, 1.165) is 17.0 Å². The van der Waals surface area contributed by atoms with Crippen LogP contribution in [0.3, 0.4) is 0 Å². The molecule has 2 aromatic carbocycles. The summed E-state index contributed by atoms with van der Waals surface area (Å²) in [7, 11) is 0. The number of fused-ring (bicyclic) bond motifs is 1. The maximum atomic E-state index is 13.7. The van der Waals surface area contributed by atoms with Crippen LogP contribution in [0.25, 0.3) is 10.8 Å². The van der Waals surface area contributed by atoms with Crippen LogP contribution in [-0.2, 0) is 12.8 Å². The van der Waals surface area contributed by atoms with Crippen molar-refractivity contribution in [2.75, 3.05) is 0 Å². The number of halogens is 2. The molecule has 2 aromatic rings. The van der Waals surface area contributed by atoms with Crippen LogP contribution in [-0.4, -0.2) is 5.11 Å². The van der Waals surface area contributed by atoms with Crippen molar-refractivity contribution in [1.29, 1.82) is 0 Å². The van der Waals surface area contributed by atoms with E-state index in [1.165, 1.54) is 6.07 Å². The van der Waals surface area contributed by atoms with Gasteiger partial charge in [0.25, 0.3) is 0 Å². The number of phenols is 1. The third-order valence-electron chi connectivity index (χ3n) is 3.03. The number of hydrogen-bond donors (Lipinski definition) is 1. The van der Waals surface area contributed by atoms with Gasteiger partial charge in [0, 0.05) is 0 Å². The molecule has 0 saturated carbocycles. The van der Waals surface area contributed by atoms with Crippen LogP contribution in [0.15, 0.2) is 18.2 Å². The SMILES string of the molecule is CCc1cc(O)cc2cc(F)c(F)c(CC)c12. The Balaban J connectivity index is 2.95. The van der Waals surface area contributed by atoms with Crippen molar-refractivity contribution in [3.63, 3.8) is 0 Å². The molecular formula is C14H14F2O. The minimum Gasteiger partial charge on any atom is -0.508 e. The summed E-state index contributed by atoms with van der Waals surface area (Å²) in [6.07, 6.45) is 1.10. The largest absolute Gasteiger partial charge is 0.508 e. The molecule has 2 rings (SSSR count). The predicted molar refractivity (Wildman–Crippen MR) is 64.3 cm³/mol. The van der Waals surface area contributed by atoms with Gasteiger partial charge in [0.1, 0.15) is 5.75 Å². The van der Waals surface area contributed by atoms with Crippen molar-refractivity contribution in [1.82, 2.24) is 0 Å². The van der Waals surface area contributed by atoms with Gasteiger partial charge in [0.2, 0.25) is 0 Å². The molecule has 90 valence electrons. The smallest absolute Gasteiger partial charge is 0.162 e. The van der Waals surface area contributed by atoms with E-state index in [4.69, 9.17) is 0 Å². The average molecular weight is 236 g/mol. The summed E-state index contributed by atoms with van der Waals surface area (Å²) < 4.78 is 27.1. The Bertz CT molecular complexity index is 576. The van der Waals surface area contributed by atoms with E-state index in [1.54, 1.807) is 13.0 Å². The van der Waals surface area contributed by atoms with Crippen molar-refractivity contribution in [3.8, 4) is 5.75 Å². The van der Waals surface area contributed by atoms with Crippen LogP contribution in [0.2, 0.25) is 0 Å². The minimum absolute atomic E-state index is 0.0856. The van der Waals surface area contributed by atoms with E-state index in [1.807, 2.05) is 6.92 Å². The number of aromatic hydroxyl groups is 1. The fourth-order valence-corrected chi connectivity index (χ4v) is 2.26. The van der Waals surface area contributed by atoms with Crippen LogP contribution >= 0.6 is 0 Å². The van der Waals surface area contributed by atoms with Gasteiger partial charge in [0.05, 0.1) is 0 Å². The second kappa shape index (κ2) is 4.32. The normalized spacial score (nSPS) is 11.1. The number of rotatable bonds is 2. The molecule has 17 heavy (non-hydrogen) atoms. The van der Waals surface area contributed by atoms with E-state index in [0.29, 0.717) is 23.8 Å². The van der Waals surface area contributed by atoms with Gasteiger partial charge < -0.3 is 5.11 Å². The second-order valence-electron chi connectivity index (χ2n) is 4.06. The van der Waals surface area contributed by atoms with Crippen molar-refractivity contribution in [2.24, 2.45) is 0 Å². The molecule has 0 aliphatic rings. The lowest BCUT2D eigenvalue weighted by Gasteiger charge is -2.12. The van der Waals surface area contributed by atoms with Crippen molar-refractivity contribution >= 4 is 10.8 Å². The van der Waals surface area contributed by atoms with Crippen molar-refractivity contribution in [3.05, 3.63) is 41.0 Å². The predicted octanol–water partition coefficient (Wildman–Crippen LogP) is 3.95. The first kappa shape index (κ1) is 11.8. The van der Waals surface area contributed by atoms with Crippen LogP contribution in [0.1, 0.15) is 25.0 Å². The summed E-state index contributed by atoms with van der Waals surface area (Å²) in [5.41, 5.74) is 1.23. The summed E-state index contributed by atoms with van der Waals surface area (Å²) in [6.45, 7) is 3.72. The van der Waals surface area contributed by atoms with Crippen molar-refractivity contribution in [2.45, 2.75) is 26.7 Å². The highest BCUT2D eigenvalue weighted by Crippen LogP contribution is 2.31. The number of aryl methyl sites for hydroxylation is 2. The van der Waals surface area contributed by atoms with Gasteiger partial charge in [-0.05, 0) is 52.9 Å². The zero-order chi connectivity index (χ0) is 12.6. The molecule has 0 aromatic heterocycles. The van der Waals surface area contributed by atoms with E-state index in [-0.39, 0.29) is 5.75 Å². The third-order valence-corrected chi connectivity index (χ3v) is 3.03. The highest BCUT2D eigenvalue weighted by atomic mass is 19.2. The van der Waals surface area contributed by atoms with Gasteiger partial charge in [-0.1, -0.05) is 13.8 Å². The zero-order valence-corrected chi connectivity index (χ0v) is 9.85. The van der Waals surface area contributed by atoms with Gasteiger partial charge >= 0.3 is 0 Å². The van der Waals surface area contributed by atoms with Crippen molar-refractivity contribution < 1.29 is 13.9 Å². The van der Waals surface area contributed by atoms with E-state index < -0.39 is 11.6 Å². The minimum atomic E-state index is -0.859. The van der Waals surface area contributed by atoms with Crippen LogP contribution < -0.4 is 0 Å². The van der Waals surface area contributed by atoms with E-state index in [2.05, 4.69) is 0 Å². The van der Waals surface area contributed by atoms with E-state index in [9.17, 15) is 13.9 Å². The third kappa shape index (κ3) is 1.86. The Morgan fingerprint density at radius 2 is 1.76 bits per heavy atom. The van der Waals surface area contributed by atoms with Crippen LogP contribution in [0.4, 0.5) is 8.78 Å². The summed E-state index contributed by atoms with van der Waals surface area (Å²) in [5, 5.41) is 10.8. The fraction of sp³-hybridized carbons (Fsp3) is 0.286. The molecular weight excluding hydrogens is 222 g/mol. The first-order chi connectivity index (χ1) is 8.08. The Morgan fingerprint density at radius 3 is 2.35 bits per heavy atom. The Morgan fingerprint density at radius 1 is 1.06 bits per heavy atom. The lowest BCUT2D eigenvalue weighted by molar-refractivity contribution is 0.475. The molecule has 0 radical (unpaired) electrons. The summed E-state index contributed by atoms with van der Waals surface area (Å²) in [5.74, 6) is -1.55. The number of benzene rings is 2. The van der Waals surface area contributed by atoms with Crippen LogP contribution in [0, 0.1) is 11.6 Å². The summed E-state index contributed by atoms with van der Waals surface area (Å²) >= 11 is 0. The second-order valence-corrected chi connectivity index (χ2v) is 4.06. The molecule has 0 spiro atoms. The molecule has 1 N–H and O–H groups in total. The number of hydrogen-bond acceptors (Lipinski definition) is 1. The standard InChI is InChI=1S/C14H14F2O/c1-3-8-5-10(17)6-9-7-12(15)14(16)11(4-2)13(8)9/h5-7,17H,3-4H2,1-2H3. The molecule has 0 fully saturated rings. The molecule has 0 aliphatic heterocycles. The van der Waals surface area contributed by atoms with Crippen LogP contribution in [0.5, 0.6) is 5.75 Å². The molecule has 0 heterocycles. The molecule has 0 saturated heterocycles. The van der Waals surface area contributed by atoms with Gasteiger partial charge in [-0.25, -0.2) is 8.78 Å². The molecule has 0 bridgehead atoms. The summed E-state index contributed by atoms with van der Waals surface area (Å²) in [4.78, 5) is 0. The maximum absolute atomic E-state index is 13.7. The zero-order valence-electron chi connectivity index (χ0n) is 9.85. The van der Waals surface area contributed by atoms with Gasteiger partial charge in [-0.15, -0.1) is 0 Å². The Hall–Kier alpha value is -1.64. The molecule has 0 atom stereocenters. The monoisotopic (exact) mass is 236 g/mol. The van der Waals surface area contributed by atoms with Gasteiger partial charge in [-0.3, -0.25) is 0 Å². The maximum Gasteiger partial charge on any atom is 0.162 e. The summed E-state index contributed by atoms with van der Waals surface area (Å²) in [6, 6.07) is 4.22. The van der Waals surface area contributed by atoms with Gasteiger partial charge in [-0.2, -0.15) is 0 Å². The Labute approximate surface area is 98.7 Å². The number of phenolic OH excluding ortho intramolecular Hbond substituents is 1. The van der Waals surface area contributed by atoms with Gasteiger partial charge in [0.15, 0.2) is 11.6 Å². The highest BCUT2D eigenvalue weighted by molar-refractivity contribution is 5.90. The molecule has 0 aliphatic carbocycles. The lowest BCUT2D eigenvalue weighted by atomic mass is 9.95. The first-order valence-corrected chi connectivity index (χ1v) is 5.70. The molecule has 0 unspecified atom stereocenters. The molecule has 3 heteroatoms.